The zero-order valence-electron chi connectivity index (χ0n) is 10.8. The summed E-state index contributed by atoms with van der Waals surface area (Å²) in [6, 6.07) is 5.91. The lowest BCUT2D eigenvalue weighted by Crippen LogP contribution is -2.12. The number of aliphatic hydroxyl groups is 1. The molecule has 2 aromatic rings. The van der Waals surface area contributed by atoms with Gasteiger partial charge < -0.3 is 26.0 Å². The number of hydrogen-bond donors (Lipinski definition) is 5. The lowest BCUT2D eigenvalue weighted by molar-refractivity contribution is -0.134. The Labute approximate surface area is 114 Å². The number of pyridine rings is 1. The van der Waals surface area contributed by atoms with Gasteiger partial charge in [-0.15, -0.1) is 0 Å². The van der Waals surface area contributed by atoms with E-state index in [2.05, 4.69) is 4.98 Å². The predicted molar refractivity (Wildman–Crippen MR) is 73.6 cm³/mol. The number of aliphatic carboxylic acids is 1. The number of fused-ring (bicyclic) bond motifs is 1. The van der Waals surface area contributed by atoms with Gasteiger partial charge in [-0.2, -0.15) is 0 Å². The van der Waals surface area contributed by atoms with E-state index in [1.165, 1.54) is 12.1 Å². The zero-order valence-corrected chi connectivity index (χ0v) is 10.8. The van der Waals surface area contributed by atoms with E-state index >= 15 is 0 Å². The van der Waals surface area contributed by atoms with Crippen LogP contribution in [0.2, 0.25) is 0 Å². The molecule has 0 amide bonds. The van der Waals surface area contributed by atoms with Crippen molar-refractivity contribution in [1.29, 1.82) is 0 Å². The van der Waals surface area contributed by atoms with Crippen molar-refractivity contribution in [2.45, 2.75) is 13.0 Å². The summed E-state index contributed by atoms with van der Waals surface area (Å²) in [5.41, 5.74) is 5.98. The Bertz CT molecular complexity index is 661. The van der Waals surface area contributed by atoms with Crippen LogP contribution in [0, 0.1) is 0 Å². The van der Waals surface area contributed by atoms with Gasteiger partial charge in [-0.3, -0.25) is 9.59 Å². The number of aromatic nitrogens is 1. The minimum Gasteiger partial charge on any atom is -0.506 e. The van der Waals surface area contributed by atoms with Crippen LogP contribution in [0.25, 0.3) is 10.9 Å². The molecule has 108 valence electrons. The van der Waals surface area contributed by atoms with E-state index < -0.39 is 12.1 Å². The average molecular weight is 280 g/mol. The first kappa shape index (κ1) is 15.7. The number of hydrogen-bond acceptors (Lipinski definition) is 5. The Morgan fingerprint density at radius 1 is 1.35 bits per heavy atom. The van der Waals surface area contributed by atoms with E-state index in [4.69, 9.17) is 15.6 Å². The predicted octanol–water partition coefficient (Wildman–Crippen LogP) is 0.317. The lowest BCUT2D eigenvalue weighted by atomic mass is 10.0. The molecular formula is C13H16N2O5. The lowest BCUT2D eigenvalue weighted by Gasteiger charge is -2.12. The number of carboxylic acid groups (broad SMARTS) is 1. The topological polar surface area (TPSA) is 137 Å². The molecule has 2 rings (SSSR count). The minimum absolute atomic E-state index is 0.0272. The molecule has 0 saturated heterocycles. The number of carbonyl (C=O) groups is 1. The Kier molecular flexibility index (Phi) is 5.24. The Balaban J connectivity index is 0.000000444. The van der Waals surface area contributed by atoms with Crippen LogP contribution in [-0.2, 0) is 4.79 Å². The number of H-pyrrole nitrogens is 1. The second-order valence-corrected chi connectivity index (χ2v) is 4.06. The van der Waals surface area contributed by atoms with E-state index in [9.17, 15) is 15.0 Å². The number of aromatic amines is 1. The van der Waals surface area contributed by atoms with Gasteiger partial charge in [-0.05, 0) is 17.7 Å². The fourth-order valence-electron chi connectivity index (χ4n) is 1.68. The fourth-order valence-corrected chi connectivity index (χ4v) is 1.68. The van der Waals surface area contributed by atoms with Gasteiger partial charge in [0.2, 0.25) is 5.56 Å². The maximum Gasteiger partial charge on any atom is 0.300 e. The third-order valence-electron chi connectivity index (χ3n) is 2.49. The van der Waals surface area contributed by atoms with Crippen LogP contribution >= 0.6 is 0 Å². The molecule has 1 heterocycles. The molecule has 0 bridgehead atoms. The molecule has 0 spiro atoms. The maximum absolute atomic E-state index is 11.1. The van der Waals surface area contributed by atoms with E-state index in [1.54, 1.807) is 12.1 Å². The second-order valence-electron chi connectivity index (χ2n) is 4.06. The zero-order chi connectivity index (χ0) is 15.3. The highest BCUT2D eigenvalue weighted by molar-refractivity contribution is 5.87. The van der Waals surface area contributed by atoms with Gasteiger partial charge in [0.1, 0.15) is 5.75 Å². The van der Waals surface area contributed by atoms with E-state index in [0.717, 1.165) is 6.92 Å². The first-order chi connectivity index (χ1) is 9.36. The molecule has 20 heavy (non-hydrogen) atoms. The number of rotatable bonds is 2. The van der Waals surface area contributed by atoms with Crippen LogP contribution in [-0.4, -0.2) is 32.8 Å². The van der Waals surface area contributed by atoms with Crippen molar-refractivity contribution >= 4 is 16.9 Å². The summed E-state index contributed by atoms with van der Waals surface area (Å²) >= 11 is 0. The van der Waals surface area contributed by atoms with Gasteiger partial charge in [-0.1, -0.05) is 6.07 Å². The molecule has 0 aliphatic carbocycles. The number of carboxylic acids is 1. The standard InChI is InChI=1S/C11H12N2O3.C2H4O2/c12-5-9(15)6-1-3-8(14)11-7(6)2-4-10(16)13-11;1-2(3)4/h1-4,9,14-15H,5,12H2,(H,13,16);1H3,(H,3,4)/t9-;/m0./s1. The van der Waals surface area contributed by atoms with Crippen LogP contribution in [0.3, 0.4) is 0 Å². The highest BCUT2D eigenvalue weighted by atomic mass is 16.4. The monoisotopic (exact) mass is 280 g/mol. The van der Waals surface area contributed by atoms with Crippen LogP contribution in [0.5, 0.6) is 5.75 Å². The third-order valence-corrected chi connectivity index (χ3v) is 2.49. The van der Waals surface area contributed by atoms with Crippen molar-refractivity contribution in [3.63, 3.8) is 0 Å². The van der Waals surface area contributed by atoms with E-state index in [1.807, 2.05) is 0 Å². The number of phenols is 1. The van der Waals surface area contributed by atoms with Gasteiger partial charge in [0.15, 0.2) is 0 Å². The number of phenolic OH excluding ortho intramolecular Hbond substituents is 1. The summed E-state index contributed by atoms with van der Waals surface area (Å²) in [5, 5.41) is 27.3. The van der Waals surface area contributed by atoms with Gasteiger partial charge >= 0.3 is 0 Å². The Hall–Kier alpha value is -2.38. The molecular weight excluding hydrogens is 264 g/mol. The maximum atomic E-state index is 11.1. The summed E-state index contributed by atoms with van der Waals surface area (Å²) in [4.78, 5) is 22.7. The second kappa shape index (κ2) is 6.69. The SMILES string of the molecule is CC(=O)O.NC[C@H](O)c1ccc(O)c2[nH]c(=O)ccc12. The van der Waals surface area contributed by atoms with Crippen LogP contribution in [0.4, 0.5) is 0 Å². The van der Waals surface area contributed by atoms with E-state index in [0.29, 0.717) is 16.5 Å². The number of nitrogens with one attached hydrogen (secondary N) is 1. The van der Waals surface area contributed by atoms with Crippen LogP contribution < -0.4 is 11.3 Å². The Morgan fingerprint density at radius 3 is 2.50 bits per heavy atom. The fraction of sp³-hybridized carbons (Fsp3) is 0.231. The molecule has 0 saturated carbocycles. The molecule has 0 aliphatic heterocycles. The molecule has 0 unspecified atom stereocenters. The molecule has 1 aromatic carbocycles. The number of aromatic hydroxyl groups is 1. The van der Waals surface area contributed by atoms with Crippen molar-refractivity contribution in [2.75, 3.05) is 6.54 Å². The van der Waals surface area contributed by atoms with Crippen molar-refractivity contribution in [1.82, 2.24) is 4.98 Å². The summed E-state index contributed by atoms with van der Waals surface area (Å²) in [5.74, 6) is -0.860. The van der Waals surface area contributed by atoms with Gasteiger partial charge in [0, 0.05) is 24.9 Å². The van der Waals surface area contributed by atoms with Crippen LogP contribution in [0.15, 0.2) is 29.1 Å². The van der Waals surface area contributed by atoms with E-state index in [-0.39, 0.29) is 17.9 Å². The molecule has 1 atom stereocenters. The van der Waals surface area contributed by atoms with Gasteiger partial charge in [0.05, 0.1) is 11.6 Å². The molecule has 7 nitrogen and oxygen atoms in total. The normalized spacial score (nSPS) is 11.6. The molecule has 0 aliphatic rings. The van der Waals surface area contributed by atoms with Crippen molar-refractivity contribution < 1.29 is 20.1 Å². The smallest absolute Gasteiger partial charge is 0.300 e. The number of benzene rings is 1. The first-order valence-electron chi connectivity index (χ1n) is 5.79. The quantitative estimate of drug-likeness (QED) is 0.537. The first-order valence-corrected chi connectivity index (χ1v) is 5.79. The van der Waals surface area contributed by atoms with Gasteiger partial charge in [-0.25, -0.2) is 0 Å². The highest BCUT2D eigenvalue weighted by Gasteiger charge is 2.12. The van der Waals surface area contributed by atoms with Crippen molar-refractivity contribution in [2.24, 2.45) is 5.73 Å². The minimum atomic E-state index is -0.833. The summed E-state index contributed by atoms with van der Waals surface area (Å²) in [6.07, 6.45) is -0.811. The van der Waals surface area contributed by atoms with Gasteiger partial charge in [0.25, 0.3) is 5.97 Å². The summed E-state index contributed by atoms with van der Waals surface area (Å²) < 4.78 is 0. The van der Waals surface area contributed by atoms with Crippen molar-refractivity contribution in [3.8, 4) is 5.75 Å². The largest absolute Gasteiger partial charge is 0.506 e. The molecule has 6 N–H and O–H groups in total. The summed E-state index contributed by atoms with van der Waals surface area (Å²) in [7, 11) is 0. The number of nitrogens with two attached hydrogens (primary N) is 1. The molecule has 0 radical (unpaired) electrons. The summed E-state index contributed by atoms with van der Waals surface area (Å²) in [6.45, 7) is 1.17. The third kappa shape index (κ3) is 3.81. The molecule has 7 heteroatoms. The average Bonchev–Trinajstić information content (AvgIpc) is 2.38. The number of aliphatic hydroxyl groups excluding tert-OH is 1. The Morgan fingerprint density at radius 2 is 1.95 bits per heavy atom. The van der Waals surface area contributed by atoms with Crippen LogP contribution in [0.1, 0.15) is 18.6 Å². The highest BCUT2D eigenvalue weighted by Crippen LogP contribution is 2.28. The van der Waals surface area contributed by atoms with Crippen molar-refractivity contribution in [3.05, 3.63) is 40.2 Å². The molecule has 0 fully saturated rings. The molecule has 1 aromatic heterocycles.